The molecule has 1 aromatic heterocycles. The third-order valence-corrected chi connectivity index (χ3v) is 3.55. The van der Waals surface area contributed by atoms with E-state index in [0.29, 0.717) is 19.4 Å². The molecular weight excluding hydrogens is 290 g/mol. The fourth-order valence-electron chi connectivity index (χ4n) is 2.00. The SMILES string of the molecule is Cc1noc(Cl)c1CCC(=O)NCCc1ccc(N)cc1. The van der Waals surface area contributed by atoms with Crippen molar-refractivity contribution in [1.29, 1.82) is 0 Å². The lowest BCUT2D eigenvalue weighted by Crippen LogP contribution is -2.25. The first-order valence-electron chi connectivity index (χ1n) is 6.78. The van der Waals surface area contributed by atoms with E-state index in [4.69, 9.17) is 21.9 Å². The number of nitrogens with one attached hydrogen (secondary N) is 1. The molecule has 0 aliphatic rings. The average molecular weight is 308 g/mol. The van der Waals surface area contributed by atoms with Gasteiger partial charge in [-0.05, 0) is 49.1 Å². The first kappa shape index (κ1) is 15.4. The first-order valence-corrected chi connectivity index (χ1v) is 7.16. The van der Waals surface area contributed by atoms with Gasteiger partial charge < -0.3 is 15.6 Å². The van der Waals surface area contributed by atoms with E-state index in [9.17, 15) is 4.79 Å². The summed E-state index contributed by atoms with van der Waals surface area (Å²) in [6.07, 6.45) is 1.67. The molecule has 3 N–H and O–H groups in total. The van der Waals surface area contributed by atoms with Gasteiger partial charge in [0.05, 0.1) is 5.69 Å². The second-order valence-electron chi connectivity index (χ2n) is 4.86. The maximum atomic E-state index is 11.8. The van der Waals surface area contributed by atoms with Crippen LogP contribution in [0.5, 0.6) is 0 Å². The molecule has 0 radical (unpaired) electrons. The molecule has 2 aromatic rings. The van der Waals surface area contributed by atoms with Gasteiger partial charge in [-0.15, -0.1) is 0 Å². The van der Waals surface area contributed by atoms with Crippen LogP contribution in [0.2, 0.25) is 5.22 Å². The maximum absolute atomic E-state index is 11.8. The Labute approximate surface area is 128 Å². The molecule has 0 saturated carbocycles. The van der Waals surface area contributed by atoms with Crippen molar-refractivity contribution in [1.82, 2.24) is 10.5 Å². The Bertz CT molecular complexity index is 588. The third kappa shape index (κ3) is 4.49. The monoisotopic (exact) mass is 307 g/mol. The molecular formula is C15H18ClN3O2. The van der Waals surface area contributed by atoms with Crippen LogP contribution in [0, 0.1) is 6.92 Å². The van der Waals surface area contributed by atoms with Gasteiger partial charge in [0.2, 0.25) is 11.1 Å². The minimum Gasteiger partial charge on any atom is -0.399 e. The zero-order chi connectivity index (χ0) is 15.2. The molecule has 0 unspecified atom stereocenters. The molecule has 0 atom stereocenters. The van der Waals surface area contributed by atoms with E-state index in [1.807, 2.05) is 31.2 Å². The van der Waals surface area contributed by atoms with Crippen LogP contribution in [0.25, 0.3) is 0 Å². The normalized spacial score (nSPS) is 10.6. The Morgan fingerprint density at radius 1 is 1.33 bits per heavy atom. The zero-order valence-corrected chi connectivity index (χ0v) is 12.6. The van der Waals surface area contributed by atoms with E-state index < -0.39 is 0 Å². The van der Waals surface area contributed by atoms with E-state index in [0.717, 1.165) is 28.9 Å². The number of carbonyl (C=O) groups is 1. The van der Waals surface area contributed by atoms with Crippen LogP contribution in [-0.2, 0) is 17.6 Å². The molecule has 5 nitrogen and oxygen atoms in total. The number of hydrogen-bond acceptors (Lipinski definition) is 4. The van der Waals surface area contributed by atoms with Gasteiger partial charge in [0.15, 0.2) is 0 Å². The van der Waals surface area contributed by atoms with Crippen molar-refractivity contribution in [2.45, 2.75) is 26.2 Å². The van der Waals surface area contributed by atoms with E-state index in [1.54, 1.807) is 0 Å². The van der Waals surface area contributed by atoms with Gasteiger partial charge in [0.1, 0.15) is 0 Å². The fraction of sp³-hybridized carbons (Fsp3) is 0.333. The number of anilines is 1. The Kier molecular flexibility index (Phi) is 5.22. The predicted molar refractivity (Wildman–Crippen MR) is 82.1 cm³/mol. The van der Waals surface area contributed by atoms with E-state index >= 15 is 0 Å². The van der Waals surface area contributed by atoms with Crippen molar-refractivity contribution in [2.75, 3.05) is 12.3 Å². The summed E-state index contributed by atoms with van der Waals surface area (Å²) in [4.78, 5) is 11.8. The lowest BCUT2D eigenvalue weighted by atomic mass is 10.1. The number of halogens is 1. The summed E-state index contributed by atoms with van der Waals surface area (Å²) in [6.45, 7) is 2.41. The molecule has 112 valence electrons. The van der Waals surface area contributed by atoms with E-state index in [1.165, 1.54) is 0 Å². The molecule has 0 bridgehead atoms. The largest absolute Gasteiger partial charge is 0.399 e. The van der Waals surface area contributed by atoms with Gasteiger partial charge in [-0.3, -0.25) is 4.79 Å². The summed E-state index contributed by atoms with van der Waals surface area (Å²) in [6, 6.07) is 7.63. The van der Waals surface area contributed by atoms with Crippen molar-refractivity contribution in [3.05, 3.63) is 46.3 Å². The van der Waals surface area contributed by atoms with Crippen LogP contribution in [0.4, 0.5) is 5.69 Å². The quantitative estimate of drug-likeness (QED) is 0.803. The summed E-state index contributed by atoms with van der Waals surface area (Å²) >= 11 is 5.85. The third-order valence-electron chi connectivity index (χ3n) is 3.25. The van der Waals surface area contributed by atoms with Crippen molar-refractivity contribution >= 4 is 23.2 Å². The molecule has 0 fully saturated rings. The molecule has 0 aliphatic heterocycles. The highest BCUT2D eigenvalue weighted by Gasteiger charge is 2.12. The van der Waals surface area contributed by atoms with Crippen LogP contribution >= 0.6 is 11.6 Å². The van der Waals surface area contributed by atoms with Gasteiger partial charge in [0, 0.05) is 24.2 Å². The second kappa shape index (κ2) is 7.13. The molecule has 0 spiro atoms. The first-order chi connectivity index (χ1) is 10.1. The Morgan fingerprint density at radius 2 is 2.05 bits per heavy atom. The zero-order valence-electron chi connectivity index (χ0n) is 11.9. The molecule has 1 heterocycles. The van der Waals surface area contributed by atoms with Crippen molar-refractivity contribution in [3.8, 4) is 0 Å². The predicted octanol–water partition coefficient (Wildman–Crippen LogP) is 2.51. The molecule has 2 rings (SSSR count). The van der Waals surface area contributed by atoms with Crippen molar-refractivity contribution in [3.63, 3.8) is 0 Å². The standard InChI is InChI=1S/C15H18ClN3O2/c1-10-13(15(16)21-19-10)6-7-14(20)18-9-8-11-2-4-12(17)5-3-11/h2-5H,6-9,17H2,1H3,(H,18,20). The maximum Gasteiger partial charge on any atom is 0.229 e. The van der Waals surface area contributed by atoms with Gasteiger partial charge in [-0.25, -0.2) is 0 Å². The van der Waals surface area contributed by atoms with E-state index in [2.05, 4.69) is 10.5 Å². The molecule has 0 saturated heterocycles. The summed E-state index contributed by atoms with van der Waals surface area (Å²) in [5.74, 6) is -0.0119. The molecule has 1 aromatic carbocycles. The summed E-state index contributed by atoms with van der Waals surface area (Å²) in [5, 5.41) is 6.90. The van der Waals surface area contributed by atoms with Crippen molar-refractivity contribution in [2.24, 2.45) is 0 Å². The number of aryl methyl sites for hydroxylation is 1. The van der Waals surface area contributed by atoms with Crippen LogP contribution < -0.4 is 11.1 Å². The number of rotatable bonds is 6. The van der Waals surface area contributed by atoms with E-state index in [-0.39, 0.29) is 11.1 Å². The van der Waals surface area contributed by atoms with Crippen LogP contribution in [0.3, 0.4) is 0 Å². The number of nitrogen functional groups attached to an aromatic ring is 1. The molecule has 0 aliphatic carbocycles. The Morgan fingerprint density at radius 3 is 2.67 bits per heavy atom. The number of nitrogens with two attached hydrogens (primary N) is 1. The van der Waals surface area contributed by atoms with Gasteiger partial charge in [-0.2, -0.15) is 0 Å². The number of carbonyl (C=O) groups excluding carboxylic acids is 1. The van der Waals surface area contributed by atoms with Gasteiger partial charge in [-0.1, -0.05) is 17.3 Å². The highest BCUT2D eigenvalue weighted by Crippen LogP contribution is 2.20. The Hall–Kier alpha value is -2.01. The second-order valence-corrected chi connectivity index (χ2v) is 5.21. The van der Waals surface area contributed by atoms with Crippen LogP contribution in [0.1, 0.15) is 23.2 Å². The smallest absolute Gasteiger partial charge is 0.229 e. The lowest BCUT2D eigenvalue weighted by Gasteiger charge is -2.05. The van der Waals surface area contributed by atoms with Crippen LogP contribution in [-0.4, -0.2) is 17.6 Å². The lowest BCUT2D eigenvalue weighted by molar-refractivity contribution is -0.121. The number of benzene rings is 1. The summed E-state index contributed by atoms with van der Waals surface area (Å²) in [7, 11) is 0. The topological polar surface area (TPSA) is 81.2 Å². The number of aromatic nitrogens is 1. The highest BCUT2D eigenvalue weighted by molar-refractivity contribution is 6.29. The van der Waals surface area contributed by atoms with Crippen molar-refractivity contribution < 1.29 is 9.32 Å². The fourth-order valence-corrected chi connectivity index (χ4v) is 2.26. The van der Waals surface area contributed by atoms with Gasteiger partial charge in [0.25, 0.3) is 0 Å². The minimum atomic E-state index is -0.0119. The number of hydrogen-bond donors (Lipinski definition) is 2. The molecule has 6 heteroatoms. The average Bonchev–Trinajstić information content (AvgIpc) is 2.78. The summed E-state index contributed by atoms with van der Waals surface area (Å²) < 4.78 is 4.85. The molecule has 21 heavy (non-hydrogen) atoms. The molecule has 1 amide bonds. The minimum absolute atomic E-state index is 0.0119. The number of nitrogens with zero attached hydrogens (tertiary/aromatic N) is 1. The van der Waals surface area contributed by atoms with Gasteiger partial charge >= 0.3 is 0 Å². The highest BCUT2D eigenvalue weighted by atomic mass is 35.5. The Balaban J connectivity index is 1.71. The van der Waals surface area contributed by atoms with Crippen LogP contribution in [0.15, 0.2) is 28.8 Å². The number of amides is 1. The summed E-state index contributed by atoms with van der Waals surface area (Å²) in [5.41, 5.74) is 9.03.